The number of rotatable bonds is 5. The normalized spacial score (nSPS) is 25.0. The van der Waals surface area contributed by atoms with Crippen LogP contribution in [0.4, 0.5) is 0 Å². The average molecular weight is 310 g/mol. The van der Waals surface area contributed by atoms with E-state index in [0.29, 0.717) is 0 Å². The highest BCUT2D eigenvalue weighted by Gasteiger charge is 2.30. The predicted molar refractivity (Wildman–Crippen MR) is 86.6 cm³/mol. The van der Waals surface area contributed by atoms with Gasteiger partial charge in [-0.05, 0) is 37.2 Å². The monoisotopic (exact) mass is 310 g/mol. The van der Waals surface area contributed by atoms with E-state index in [0.717, 1.165) is 31.2 Å². The summed E-state index contributed by atoms with van der Waals surface area (Å²) in [5, 5.41) is 0. The molecular weight excluding hydrogens is 284 g/mol. The number of nitrogens with zero attached hydrogens (tertiary/aromatic N) is 1. The van der Waals surface area contributed by atoms with Crippen LogP contribution in [0.5, 0.6) is 0 Å². The van der Waals surface area contributed by atoms with Gasteiger partial charge in [-0.3, -0.25) is 0 Å². The maximum atomic E-state index is 12.6. The molecule has 0 aromatic heterocycles. The Balaban J connectivity index is 2.01. The number of hydrogen-bond donors (Lipinski definition) is 1. The number of benzene rings is 1. The highest BCUT2D eigenvalue weighted by molar-refractivity contribution is 7.89. The third kappa shape index (κ3) is 4.28. The smallest absolute Gasteiger partial charge is 0.214 e. The van der Waals surface area contributed by atoms with E-state index in [1.54, 1.807) is 11.4 Å². The van der Waals surface area contributed by atoms with Crippen LogP contribution in [0.25, 0.3) is 0 Å². The Labute approximate surface area is 128 Å². The molecule has 1 aliphatic rings. The summed E-state index contributed by atoms with van der Waals surface area (Å²) in [6.07, 6.45) is 3.57. The molecule has 1 aromatic carbocycles. The van der Waals surface area contributed by atoms with Crippen molar-refractivity contribution in [3.05, 3.63) is 35.9 Å². The molecule has 118 valence electrons. The van der Waals surface area contributed by atoms with Crippen molar-refractivity contribution in [1.29, 1.82) is 0 Å². The van der Waals surface area contributed by atoms with E-state index in [2.05, 4.69) is 0 Å². The Hall–Kier alpha value is -0.910. The minimum Gasteiger partial charge on any atom is -0.328 e. The number of hydrogen-bond acceptors (Lipinski definition) is 3. The van der Waals surface area contributed by atoms with Crippen LogP contribution in [-0.2, 0) is 10.0 Å². The maximum absolute atomic E-state index is 12.6. The highest BCUT2D eigenvalue weighted by atomic mass is 32.2. The largest absolute Gasteiger partial charge is 0.328 e. The molecule has 1 aromatic rings. The van der Waals surface area contributed by atoms with E-state index in [1.165, 1.54) is 0 Å². The lowest BCUT2D eigenvalue weighted by Gasteiger charge is -2.33. The molecule has 1 aliphatic carbocycles. The van der Waals surface area contributed by atoms with E-state index in [4.69, 9.17) is 5.73 Å². The average Bonchev–Trinajstić information content (AvgIpc) is 2.48. The van der Waals surface area contributed by atoms with E-state index < -0.39 is 10.0 Å². The first-order chi connectivity index (χ1) is 9.90. The van der Waals surface area contributed by atoms with Crippen molar-refractivity contribution in [3.8, 4) is 0 Å². The second kappa shape index (κ2) is 6.90. The van der Waals surface area contributed by atoms with Gasteiger partial charge < -0.3 is 5.73 Å². The van der Waals surface area contributed by atoms with Crippen LogP contribution in [-0.4, -0.2) is 37.6 Å². The van der Waals surface area contributed by atoms with Crippen molar-refractivity contribution in [2.75, 3.05) is 12.8 Å². The lowest BCUT2D eigenvalue weighted by Crippen LogP contribution is -2.43. The molecule has 1 fully saturated rings. The van der Waals surface area contributed by atoms with Gasteiger partial charge in [-0.25, -0.2) is 12.7 Å². The van der Waals surface area contributed by atoms with Crippen LogP contribution in [0.3, 0.4) is 0 Å². The zero-order valence-electron chi connectivity index (χ0n) is 12.9. The summed E-state index contributed by atoms with van der Waals surface area (Å²) >= 11 is 0. The van der Waals surface area contributed by atoms with Crippen LogP contribution in [0, 0.1) is 0 Å². The molecule has 0 spiro atoms. The van der Waals surface area contributed by atoms with Crippen molar-refractivity contribution < 1.29 is 8.42 Å². The molecule has 0 aliphatic heterocycles. The minimum atomic E-state index is -3.23. The molecule has 0 saturated heterocycles. The second-order valence-corrected chi connectivity index (χ2v) is 8.25. The second-order valence-electron chi connectivity index (χ2n) is 6.18. The van der Waals surface area contributed by atoms with Gasteiger partial charge >= 0.3 is 0 Å². The molecule has 0 heterocycles. The Kier molecular flexibility index (Phi) is 5.41. The summed E-state index contributed by atoms with van der Waals surface area (Å²) in [6.45, 7) is 1.97. The maximum Gasteiger partial charge on any atom is 0.214 e. The van der Waals surface area contributed by atoms with Gasteiger partial charge in [0.05, 0.1) is 5.75 Å². The quantitative estimate of drug-likeness (QED) is 0.908. The Morgan fingerprint density at radius 3 is 2.33 bits per heavy atom. The van der Waals surface area contributed by atoms with Crippen molar-refractivity contribution >= 4 is 10.0 Å². The highest BCUT2D eigenvalue weighted by Crippen LogP contribution is 2.25. The molecule has 0 bridgehead atoms. The van der Waals surface area contributed by atoms with Crippen LogP contribution < -0.4 is 5.73 Å². The molecule has 0 amide bonds. The fourth-order valence-corrected chi connectivity index (χ4v) is 4.73. The topological polar surface area (TPSA) is 63.4 Å². The van der Waals surface area contributed by atoms with Crippen molar-refractivity contribution in [3.63, 3.8) is 0 Å². The van der Waals surface area contributed by atoms with Gasteiger partial charge in [0.2, 0.25) is 10.0 Å². The Morgan fingerprint density at radius 2 is 1.76 bits per heavy atom. The third-order valence-corrected chi connectivity index (χ3v) is 6.62. The lowest BCUT2D eigenvalue weighted by molar-refractivity contribution is 0.268. The summed E-state index contributed by atoms with van der Waals surface area (Å²) in [4.78, 5) is 0. The summed E-state index contributed by atoms with van der Waals surface area (Å²) in [5.74, 6) is 0.167. The van der Waals surface area contributed by atoms with Gasteiger partial charge in [0.15, 0.2) is 0 Å². The Morgan fingerprint density at radius 1 is 1.19 bits per heavy atom. The van der Waals surface area contributed by atoms with E-state index in [1.807, 2.05) is 37.3 Å². The van der Waals surface area contributed by atoms with Crippen LogP contribution in [0.2, 0.25) is 0 Å². The van der Waals surface area contributed by atoms with Crippen LogP contribution in [0.1, 0.15) is 44.1 Å². The number of sulfonamides is 1. The first-order valence-corrected chi connectivity index (χ1v) is 9.27. The molecule has 1 saturated carbocycles. The van der Waals surface area contributed by atoms with Crippen LogP contribution in [0.15, 0.2) is 30.3 Å². The first kappa shape index (κ1) is 16.5. The van der Waals surface area contributed by atoms with Gasteiger partial charge in [0, 0.05) is 19.1 Å². The SMILES string of the molecule is C[C@H](CS(=O)(=O)N(C)C1CCC(N)CC1)c1ccccc1. The molecule has 21 heavy (non-hydrogen) atoms. The first-order valence-electron chi connectivity index (χ1n) is 7.66. The summed E-state index contributed by atoms with van der Waals surface area (Å²) in [7, 11) is -1.52. The standard InChI is InChI=1S/C16H26N2O2S/c1-13(14-6-4-3-5-7-14)12-21(19,20)18(2)16-10-8-15(17)9-11-16/h3-7,13,15-16H,8-12,17H2,1-2H3/t13-,15?,16?/m1/s1. The summed E-state index contributed by atoms with van der Waals surface area (Å²) in [5.41, 5.74) is 6.96. The van der Waals surface area contributed by atoms with Gasteiger partial charge in [0.25, 0.3) is 0 Å². The van der Waals surface area contributed by atoms with E-state index >= 15 is 0 Å². The molecule has 0 radical (unpaired) electrons. The van der Waals surface area contributed by atoms with Gasteiger partial charge in [-0.15, -0.1) is 0 Å². The predicted octanol–water partition coefficient (Wildman–Crippen LogP) is 2.32. The van der Waals surface area contributed by atoms with Crippen molar-refractivity contribution in [2.45, 2.75) is 50.6 Å². The molecular formula is C16H26N2O2S. The van der Waals surface area contributed by atoms with E-state index in [-0.39, 0.29) is 23.8 Å². The molecule has 0 unspecified atom stereocenters. The Bertz CT molecular complexity index is 537. The molecule has 2 N–H and O–H groups in total. The van der Waals surface area contributed by atoms with Crippen molar-refractivity contribution in [2.24, 2.45) is 5.73 Å². The third-order valence-electron chi connectivity index (χ3n) is 4.52. The summed E-state index contributed by atoms with van der Waals surface area (Å²) in [6, 6.07) is 10.2. The molecule has 1 atom stereocenters. The van der Waals surface area contributed by atoms with Crippen LogP contribution >= 0.6 is 0 Å². The summed E-state index contributed by atoms with van der Waals surface area (Å²) < 4.78 is 26.8. The van der Waals surface area contributed by atoms with E-state index in [9.17, 15) is 8.42 Å². The number of nitrogens with two attached hydrogens (primary N) is 1. The molecule has 5 heteroatoms. The zero-order valence-corrected chi connectivity index (χ0v) is 13.7. The lowest BCUT2D eigenvalue weighted by atomic mass is 9.92. The zero-order chi connectivity index (χ0) is 15.5. The fourth-order valence-electron chi connectivity index (χ4n) is 3.00. The fraction of sp³-hybridized carbons (Fsp3) is 0.625. The van der Waals surface area contributed by atoms with Crippen molar-refractivity contribution in [1.82, 2.24) is 4.31 Å². The molecule has 2 rings (SSSR count). The van der Waals surface area contributed by atoms with Gasteiger partial charge in [-0.1, -0.05) is 37.3 Å². The minimum absolute atomic E-state index is 0.00416. The van der Waals surface area contributed by atoms with Gasteiger partial charge in [0.1, 0.15) is 0 Å². The molecule has 4 nitrogen and oxygen atoms in total. The van der Waals surface area contributed by atoms with Gasteiger partial charge in [-0.2, -0.15) is 0 Å².